The molecule has 82 valence electrons. The number of hydrogen-bond acceptors (Lipinski definition) is 3. The second kappa shape index (κ2) is 8.73. The van der Waals surface area contributed by atoms with E-state index in [1.165, 1.54) is 0 Å². The molecule has 0 aromatic rings. The molecule has 3 nitrogen and oxygen atoms in total. The predicted octanol–water partition coefficient (Wildman–Crippen LogP) is 2.48. The Kier molecular flexibility index (Phi) is 8.19. The van der Waals surface area contributed by atoms with Crippen molar-refractivity contribution < 1.29 is 14.3 Å². The molecule has 0 aromatic carbocycles. The summed E-state index contributed by atoms with van der Waals surface area (Å²) >= 11 is 0. The number of hydrogen-bond donors (Lipinski definition) is 0. The molecule has 0 radical (unpaired) electrons. The van der Waals surface area contributed by atoms with Crippen molar-refractivity contribution in [3.63, 3.8) is 0 Å². The topological polar surface area (TPSA) is 43.4 Å². The summed E-state index contributed by atoms with van der Waals surface area (Å²) in [6.45, 7) is 4.42. The highest BCUT2D eigenvalue weighted by Gasteiger charge is 2.04. The molecule has 0 heterocycles. The van der Waals surface area contributed by atoms with E-state index in [9.17, 15) is 9.59 Å². The van der Waals surface area contributed by atoms with Crippen molar-refractivity contribution in [3.05, 3.63) is 0 Å². The van der Waals surface area contributed by atoms with E-state index in [0.717, 1.165) is 12.8 Å². The fourth-order valence-electron chi connectivity index (χ4n) is 1.12. The van der Waals surface area contributed by atoms with Crippen LogP contribution < -0.4 is 0 Å². The van der Waals surface area contributed by atoms with Gasteiger partial charge < -0.3 is 4.74 Å². The van der Waals surface area contributed by atoms with Gasteiger partial charge >= 0.3 is 5.97 Å². The molecule has 0 aliphatic heterocycles. The first-order chi connectivity index (χ1) is 6.70. The summed E-state index contributed by atoms with van der Waals surface area (Å²) in [6, 6.07) is 0. The molecule has 0 amide bonds. The molecule has 0 bridgehead atoms. The summed E-state index contributed by atoms with van der Waals surface area (Å²) in [5.74, 6) is 0.0620. The van der Waals surface area contributed by atoms with Crippen LogP contribution in [0.5, 0.6) is 0 Å². The highest BCUT2D eigenvalue weighted by atomic mass is 16.5. The molecule has 0 unspecified atom stereocenters. The van der Waals surface area contributed by atoms with E-state index in [4.69, 9.17) is 4.74 Å². The van der Waals surface area contributed by atoms with Crippen LogP contribution in [0.25, 0.3) is 0 Å². The number of carbonyl (C=O) groups is 2. The smallest absolute Gasteiger partial charge is 0.305 e. The largest absolute Gasteiger partial charge is 0.466 e. The van der Waals surface area contributed by atoms with Crippen LogP contribution >= 0.6 is 0 Å². The third-order valence-electron chi connectivity index (χ3n) is 1.83. The molecule has 0 saturated carbocycles. The lowest BCUT2D eigenvalue weighted by molar-refractivity contribution is -0.143. The van der Waals surface area contributed by atoms with Gasteiger partial charge in [-0.1, -0.05) is 13.8 Å². The molecule has 0 aliphatic carbocycles. The molecule has 0 saturated heterocycles. The van der Waals surface area contributed by atoms with Crippen molar-refractivity contribution in [1.29, 1.82) is 0 Å². The zero-order chi connectivity index (χ0) is 10.8. The van der Waals surface area contributed by atoms with Crippen LogP contribution in [-0.4, -0.2) is 18.4 Å². The van der Waals surface area contributed by atoms with Gasteiger partial charge in [-0.15, -0.1) is 0 Å². The SMILES string of the molecule is CCCOC(=O)CCCC(=O)CCC. The summed E-state index contributed by atoms with van der Waals surface area (Å²) in [5.41, 5.74) is 0. The molecule has 3 heteroatoms. The van der Waals surface area contributed by atoms with Crippen molar-refractivity contribution >= 4 is 11.8 Å². The fourth-order valence-corrected chi connectivity index (χ4v) is 1.12. The van der Waals surface area contributed by atoms with E-state index in [-0.39, 0.29) is 11.8 Å². The van der Waals surface area contributed by atoms with Crippen molar-refractivity contribution in [1.82, 2.24) is 0 Å². The van der Waals surface area contributed by atoms with Gasteiger partial charge in [-0.2, -0.15) is 0 Å². The average Bonchev–Trinajstić information content (AvgIpc) is 2.15. The quantitative estimate of drug-likeness (QED) is 0.565. The van der Waals surface area contributed by atoms with Crippen LogP contribution in [0.15, 0.2) is 0 Å². The summed E-state index contributed by atoms with van der Waals surface area (Å²) in [5, 5.41) is 0. The first-order valence-electron chi connectivity index (χ1n) is 5.38. The second-order valence-electron chi connectivity index (χ2n) is 3.36. The predicted molar refractivity (Wildman–Crippen MR) is 55.0 cm³/mol. The Balaban J connectivity index is 3.34. The molecular formula is C11H20O3. The lowest BCUT2D eigenvalue weighted by atomic mass is 10.1. The summed E-state index contributed by atoms with van der Waals surface area (Å²) in [6.07, 6.45) is 3.87. The molecule has 0 spiro atoms. The Morgan fingerprint density at radius 2 is 1.71 bits per heavy atom. The van der Waals surface area contributed by atoms with E-state index in [2.05, 4.69) is 0 Å². The Morgan fingerprint density at radius 1 is 1.00 bits per heavy atom. The summed E-state index contributed by atoms with van der Waals surface area (Å²) in [7, 11) is 0. The molecule has 0 rings (SSSR count). The maximum absolute atomic E-state index is 11.1. The highest BCUT2D eigenvalue weighted by Crippen LogP contribution is 2.02. The molecule has 0 aliphatic rings. The molecule has 0 N–H and O–H groups in total. The maximum atomic E-state index is 11.1. The van der Waals surface area contributed by atoms with Crippen LogP contribution in [0.4, 0.5) is 0 Å². The van der Waals surface area contributed by atoms with Gasteiger partial charge in [-0.3, -0.25) is 9.59 Å². The molecule has 0 atom stereocenters. The van der Waals surface area contributed by atoms with Gasteiger partial charge in [0, 0.05) is 19.3 Å². The zero-order valence-electron chi connectivity index (χ0n) is 9.17. The number of esters is 1. The van der Waals surface area contributed by atoms with Gasteiger partial charge in [0.15, 0.2) is 0 Å². The number of carbonyl (C=O) groups excluding carboxylic acids is 2. The van der Waals surface area contributed by atoms with E-state index >= 15 is 0 Å². The van der Waals surface area contributed by atoms with E-state index in [0.29, 0.717) is 32.3 Å². The first kappa shape index (κ1) is 13.1. The van der Waals surface area contributed by atoms with E-state index < -0.39 is 0 Å². The van der Waals surface area contributed by atoms with E-state index in [1.54, 1.807) is 0 Å². The Morgan fingerprint density at radius 3 is 2.29 bits per heavy atom. The van der Waals surface area contributed by atoms with Crippen molar-refractivity contribution in [2.24, 2.45) is 0 Å². The van der Waals surface area contributed by atoms with Gasteiger partial charge in [0.1, 0.15) is 5.78 Å². The van der Waals surface area contributed by atoms with Gasteiger partial charge in [-0.05, 0) is 19.3 Å². The molecular weight excluding hydrogens is 180 g/mol. The first-order valence-corrected chi connectivity index (χ1v) is 5.38. The van der Waals surface area contributed by atoms with Crippen LogP contribution in [0.1, 0.15) is 52.4 Å². The van der Waals surface area contributed by atoms with E-state index in [1.807, 2.05) is 13.8 Å². The van der Waals surface area contributed by atoms with Crippen LogP contribution in [0.3, 0.4) is 0 Å². The molecule has 14 heavy (non-hydrogen) atoms. The lowest BCUT2D eigenvalue weighted by Crippen LogP contribution is -2.06. The third-order valence-corrected chi connectivity index (χ3v) is 1.83. The summed E-state index contributed by atoms with van der Waals surface area (Å²) < 4.78 is 4.88. The monoisotopic (exact) mass is 200 g/mol. The van der Waals surface area contributed by atoms with Crippen molar-refractivity contribution in [2.45, 2.75) is 52.4 Å². The number of rotatable bonds is 8. The zero-order valence-corrected chi connectivity index (χ0v) is 9.17. The number of ether oxygens (including phenoxy) is 1. The van der Waals surface area contributed by atoms with Crippen LogP contribution in [0.2, 0.25) is 0 Å². The molecule has 0 fully saturated rings. The van der Waals surface area contributed by atoms with Crippen molar-refractivity contribution in [3.8, 4) is 0 Å². The standard InChI is InChI=1S/C11H20O3/c1-3-6-10(12)7-5-8-11(13)14-9-4-2/h3-9H2,1-2H3. The van der Waals surface area contributed by atoms with Gasteiger partial charge in [0.05, 0.1) is 6.61 Å². The number of Topliss-reactive ketones (excluding diaryl/α,β-unsaturated/α-hetero) is 1. The average molecular weight is 200 g/mol. The van der Waals surface area contributed by atoms with Gasteiger partial charge in [-0.25, -0.2) is 0 Å². The highest BCUT2D eigenvalue weighted by molar-refractivity contribution is 5.79. The fraction of sp³-hybridized carbons (Fsp3) is 0.818. The Labute approximate surface area is 85.8 Å². The normalized spacial score (nSPS) is 9.86. The molecule has 0 aromatic heterocycles. The van der Waals surface area contributed by atoms with Crippen LogP contribution in [-0.2, 0) is 14.3 Å². The summed E-state index contributed by atoms with van der Waals surface area (Å²) in [4.78, 5) is 22.1. The van der Waals surface area contributed by atoms with Crippen LogP contribution in [0, 0.1) is 0 Å². The second-order valence-corrected chi connectivity index (χ2v) is 3.36. The number of ketones is 1. The Hall–Kier alpha value is -0.860. The van der Waals surface area contributed by atoms with Crippen molar-refractivity contribution in [2.75, 3.05) is 6.61 Å². The minimum Gasteiger partial charge on any atom is -0.466 e. The minimum atomic E-state index is -0.184. The maximum Gasteiger partial charge on any atom is 0.305 e. The van der Waals surface area contributed by atoms with Gasteiger partial charge in [0.25, 0.3) is 0 Å². The van der Waals surface area contributed by atoms with Gasteiger partial charge in [0.2, 0.25) is 0 Å². The Bertz CT molecular complexity index is 175. The minimum absolute atomic E-state index is 0.184. The third kappa shape index (κ3) is 7.77. The lowest BCUT2D eigenvalue weighted by Gasteiger charge is -2.02.